The van der Waals surface area contributed by atoms with Crippen molar-refractivity contribution in [3.8, 4) is 0 Å². The van der Waals surface area contributed by atoms with Crippen LogP contribution in [0.4, 0.5) is 0 Å². The predicted molar refractivity (Wildman–Crippen MR) is 26.3 cm³/mol. The van der Waals surface area contributed by atoms with Crippen molar-refractivity contribution in [2.45, 2.75) is 18.4 Å². The first-order chi connectivity index (χ1) is 3.55. The van der Waals surface area contributed by atoms with Gasteiger partial charge in [-0.1, -0.05) is 0 Å². The smallest absolute Gasteiger partial charge is 0.0986 e. The molecule has 0 rings (SSSR count). The second kappa shape index (κ2) is 2.89. The zero-order valence-electron chi connectivity index (χ0n) is 4.30. The first-order valence-corrected chi connectivity index (χ1v) is 2.52. The Morgan fingerprint density at radius 1 is 1.88 bits per heavy atom. The normalized spacial score (nSPS) is 17.4. The summed E-state index contributed by atoms with van der Waals surface area (Å²) in [7, 11) is 0. The molecule has 0 spiro atoms. The molecule has 0 aliphatic heterocycles. The standard InChI is InChI=1S/C4H7ClO3/c1-2(6)3(5)4(7)8/h2-3,6H,1H3,(H,7,8)/p-1. The van der Waals surface area contributed by atoms with Gasteiger partial charge in [-0.15, -0.1) is 11.6 Å². The van der Waals surface area contributed by atoms with E-state index in [4.69, 9.17) is 16.7 Å². The van der Waals surface area contributed by atoms with Crippen LogP contribution < -0.4 is 5.11 Å². The van der Waals surface area contributed by atoms with Gasteiger partial charge in [0.25, 0.3) is 0 Å². The zero-order valence-corrected chi connectivity index (χ0v) is 5.05. The Labute approximate surface area is 51.9 Å². The number of carbonyl (C=O) groups excluding carboxylic acids is 1. The summed E-state index contributed by atoms with van der Waals surface area (Å²) in [6, 6.07) is 0. The summed E-state index contributed by atoms with van der Waals surface area (Å²) in [5.41, 5.74) is 0. The molecule has 0 saturated carbocycles. The van der Waals surface area contributed by atoms with Crippen molar-refractivity contribution in [3.63, 3.8) is 0 Å². The Hall–Kier alpha value is -0.280. The topological polar surface area (TPSA) is 60.4 Å². The third-order valence-corrected chi connectivity index (χ3v) is 1.19. The predicted octanol–water partition coefficient (Wildman–Crippen LogP) is -1.28. The third kappa shape index (κ3) is 2.14. The maximum absolute atomic E-state index is 9.74. The fourth-order valence-corrected chi connectivity index (χ4v) is 0.197. The maximum Gasteiger partial charge on any atom is 0.0986 e. The van der Waals surface area contributed by atoms with Crippen LogP contribution in [0.5, 0.6) is 0 Å². The summed E-state index contributed by atoms with van der Waals surface area (Å²) < 4.78 is 0. The summed E-state index contributed by atoms with van der Waals surface area (Å²) >= 11 is 5.04. The molecule has 3 nitrogen and oxygen atoms in total. The van der Waals surface area contributed by atoms with E-state index in [1.165, 1.54) is 6.92 Å². The largest absolute Gasteiger partial charge is 0.548 e. The molecule has 0 bridgehead atoms. The Morgan fingerprint density at radius 3 is 2.25 bits per heavy atom. The van der Waals surface area contributed by atoms with Crippen molar-refractivity contribution in [2.24, 2.45) is 0 Å². The number of carbonyl (C=O) groups is 1. The van der Waals surface area contributed by atoms with Gasteiger partial charge in [0.15, 0.2) is 0 Å². The number of aliphatic hydroxyl groups is 1. The van der Waals surface area contributed by atoms with Crippen molar-refractivity contribution in [1.82, 2.24) is 0 Å². The lowest BCUT2D eigenvalue weighted by atomic mass is 10.3. The first kappa shape index (κ1) is 7.72. The second-order valence-corrected chi connectivity index (χ2v) is 1.93. The molecule has 0 aliphatic rings. The minimum Gasteiger partial charge on any atom is -0.548 e. The van der Waals surface area contributed by atoms with Gasteiger partial charge >= 0.3 is 0 Å². The molecule has 2 unspecified atom stereocenters. The highest BCUT2D eigenvalue weighted by molar-refractivity contribution is 6.29. The maximum atomic E-state index is 9.74. The number of rotatable bonds is 2. The number of halogens is 1. The van der Waals surface area contributed by atoms with E-state index >= 15 is 0 Å². The molecule has 2 atom stereocenters. The summed E-state index contributed by atoms with van der Waals surface area (Å²) in [6.45, 7) is 1.29. The van der Waals surface area contributed by atoms with Gasteiger partial charge in [-0.25, -0.2) is 0 Å². The molecule has 0 aromatic carbocycles. The zero-order chi connectivity index (χ0) is 6.73. The van der Waals surface area contributed by atoms with Crippen molar-refractivity contribution < 1.29 is 15.0 Å². The monoisotopic (exact) mass is 137 g/mol. The van der Waals surface area contributed by atoms with E-state index in [0.717, 1.165) is 0 Å². The molecule has 0 radical (unpaired) electrons. The quantitative estimate of drug-likeness (QED) is 0.483. The van der Waals surface area contributed by atoms with Gasteiger partial charge in [-0.3, -0.25) is 0 Å². The Balaban J connectivity index is 3.64. The van der Waals surface area contributed by atoms with E-state index in [-0.39, 0.29) is 0 Å². The van der Waals surface area contributed by atoms with Crippen LogP contribution in [-0.2, 0) is 4.79 Å². The molecule has 1 N–H and O–H groups in total. The molecule has 0 aromatic heterocycles. The van der Waals surface area contributed by atoms with E-state index in [9.17, 15) is 9.90 Å². The number of carboxylic acids is 1. The third-order valence-electron chi connectivity index (χ3n) is 0.649. The first-order valence-electron chi connectivity index (χ1n) is 2.08. The van der Waals surface area contributed by atoms with Crippen molar-refractivity contribution in [2.75, 3.05) is 0 Å². The Morgan fingerprint density at radius 2 is 2.25 bits per heavy atom. The molecule has 0 amide bonds. The van der Waals surface area contributed by atoms with Gasteiger partial charge in [0.1, 0.15) is 0 Å². The Kier molecular flexibility index (Phi) is 2.79. The molecule has 0 fully saturated rings. The van der Waals surface area contributed by atoms with Crippen molar-refractivity contribution in [1.29, 1.82) is 0 Å². The summed E-state index contributed by atoms with van der Waals surface area (Å²) in [5.74, 6) is -1.44. The van der Waals surface area contributed by atoms with Crippen LogP contribution in [0.25, 0.3) is 0 Å². The van der Waals surface area contributed by atoms with Gasteiger partial charge in [0.2, 0.25) is 0 Å². The lowest BCUT2D eigenvalue weighted by Crippen LogP contribution is -2.38. The highest BCUT2D eigenvalue weighted by Gasteiger charge is 2.10. The molecule has 4 heteroatoms. The van der Waals surface area contributed by atoms with Gasteiger partial charge in [0, 0.05) is 0 Å². The number of aliphatic hydroxyl groups excluding tert-OH is 1. The molecule has 0 saturated heterocycles. The highest BCUT2D eigenvalue weighted by atomic mass is 35.5. The summed E-state index contributed by atoms with van der Waals surface area (Å²) in [4.78, 5) is 9.74. The molecular formula is C4H6ClO3-. The molecule has 0 aromatic rings. The summed E-state index contributed by atoms with van der Waals surface area (Å²) in [6.07, 6.45) is -1.05. The summed E-state index contributed by atoms with van der Waals surface area (Å²) in [5, 5.41) is 16.9. The number of hydrogen-bond donors (Lipinski definition) is 1. The van der Waals surface area contributed by atoms with Crippen LogP contribution in [0, 0.1) is 0 Å². The van der Waals surface area contributed by atoms with E-state index in [0.29, 0.717) is 0 Å². The van der Waals surface area contributed by atoms with Gasteiger partial charge in [-0.05, 0) is 6.92 Å². The van der Waals surface area contributed by atoms with E-state index in [1.54, 1.807) is 0 Å². The van der Waals surface area contributed by atoms with Crippen LogP contribution in [0.2, 0.25) is 0 Å². The van der Waals surface area contributed by atoms with Crippen LogP contribution >= 0.6 is 11.6 Å². The van der Waals surface area contributed by atoms with E-state index < -0.39 is 17.5 Å². The van der Waals surface area contributed by atoms with Gasteiger partial charge in [-0.2, -0.15) is 0 Å². The fraction of sp³-hybridized carbons (Fsp3) is 0.750. The average Bonchev–Trinajstić information content (AvgIpc) is 1.64. The number of carboxylic acid groups (broad SMARTS) is 1. The number of hydrogen-bond acceptors (Lipinski definition) is 3. The minimum atomic E-state index is -1.44. The van der Waals surface area contributed by atoms with E-state index in [1.807, 2.05) is 0 Å². The molecule has 0 heterocycles. The highest BCUT2D eigenvalue weighted by Crippen LogP contribution is 1.98. The van der Waals surface area contributed by atoms with Crippen LogP contribution in [0.3, 0.4) is 0 Å². The molecule has 0 aliphatic carbocycles. The van der Waals surface area contributed by atoms with Crippen LogP contribution in [0.1, 0.15) is 6.92 Å². The lowest BCUT2D eigenvalue weighted by molar-refractivity contribution is -0.306. The Bertz CT molecular complexity index is 91.3. The van der Waals surface area contributed by atoms with Crippen LogP contribution in [0.15, 0.2) is 0 Å². The van der Waals surface area contributed by atoms with Crippen LogP contribution in [-0.4, -0.2) is 22.6 Å². The number of alkyl halides is 1. The lowest BCUT2D eigenvalue weighted by Gasteiger charge is -2.11. The van der Waals surface area contributed by atoms with E-state index in [2.05, 4.69) is 0 Å². The van der Waals surface area contributed by atoms with Crippen molar-refractivity contribution >= 4 is 17.6 Å². The molecule has 48 valence electrons. The molecular weight excluding hydrogens is 131 g/mol. The second-order valence-electron chi connectivity index (χ2n) is 1.46. The fourth-order valence-electron chi connectivity index (χ4n) is 0.197. The SMILES string of the molecule is CC(O)C(Cl)C(=O)[O-]. The molecule has 8 heavy (non-hydrogen) atoms. The van der Waals surface area contributed by atoms with Crippen molar-refractivity contribution in [3.05, 3.63) is 0 Å². The average molecular weight is 138 g/mol. The minimum absolute atomic E-state index is 1.05. The number of aliphatic carboxylic acids is 1. The van der Waals surface area contributed by atoms with Gasteiger partial charge in [0.05, 0.1) is 17.5 Å². The van der Waals surface area contributed by atoms with Gasteiger partial charge < -0.3 is 15.0 Å².